The van der Waals surface area contributed by atoms with Crippen LogP contribution in [0.5, 0.6) is 17.2 Å². The topological polar surface area (TPSA) is 76.0 Å². The number of hydrogen-bond acceptors (Lipinski definition) is 4. The SMILES string of the molecule is COc1cccc(-c2cc(Cc3c(C)cc(OCC(=O)O)cc3Cl)ccc2O)c1. The molecule has 0 aliphatic rings. The Labute approximate surface area is 174 Å². The Morgan fingerprint density at radius 1 is 1.07 bits per heavy atom. The number of phenols is 1. The standard InChI is InChI=1S/C23H21ClO5/c1-14-8-18(29-13-23(26)27)12-21(24)19(14)9-15-6-7-22(25)20(10-15)16-4-3-5-17(11-16)28-2/h3-8,10-12,25H,9,13H2,1-2H3,(H,26,27). The molecule has 3 aromatic rings. The van der Waals surface area contributed by atoms with Gasteiger partial charge >= 0.3 is 5.97 Å². The molecule has 6 heteroatoms. The zero-order chi connectivity index (χ0) is 21.0. The van der Waals surface area contributed by atoms with E-state index in [0.717, 1.165) is 22.3 Å². The van der Waals surface area contributed by atoms with E-state index in [-0.39, 0.29) is 5.75 Å². The molecule has 0 aliphatic carbocycles. The molecule has 5 nitrogen and oxygen atoms in total. The zero-order valence-electron chi connectivity index (χ0n) is 16.1. The number of benzene rings is 3. The van der Waals surface area contributed by atoms with Gasteiger partial charge in [-0.25, -0.2) is 4.79 Å². The van der Waals surface area contributed by atoms with E-state index >= 15 is 0 Å². The van der Waals surface area contributed by atoms with Crippen LogP contribution in [0.1, 0.15) is 16.7 Å². The van der Waals surface area contributed by atoms with Crippen LogP contribution in [0.3, 0.4) is 0 Å². The summed E-state index contributed by atoms with van der Waals surface area (Å²) in [6.07, 6.45) is 0.557. The second kappa shape index (κ2) is 8.88. The third kappa shape index (κ3) is 5.00. The lowest BCUT2D eigenvalue weighted by Crippen LogP contribution is -2.09. The number of hydrogen-bond donors (Lipinski definition) is 2. The van der Waals surface area contributed by atoms with Gasteiger partial charge in [0.05, 0.1) is 7.11 Å². The molecule has 3 aromatic carbocycles. The van der Waals surface area contributed by atoms with Crippen molar-refractivity contribution in [2.24, 2.45) is 0 Å². The lowest BCUT2D eigenvalue weighted by Gasteiger charge is -2.13. The molecular formula is C23H21ClO5. The molecule has 3 rings (SSSR count). The molecule has 0 saturated carbocycles. The Morgan fingerprint density at radius 3 is 2.55 bits per heavy atom. The number of aromatic hydroxyl groups is 1. The minimum Gasteiger partial charge on any atom is -0.507 e. The number of carbonyl (C=O) groups is 1. The van der Waals surface area contributed by atoms with Crippen LogP contribution in [-0.4, -0.2) is 29.9 Å². The molecular weight excluding hydrogens is 392 g/mol. The van der Waals surface area contributed by atoms with Crippen LogP contribution in [0.2, 0.25) is 5.02 Å². The van der Waals surface area contributed by atoms with Gasteiger partial charge in [0.15, 0.2) is 6.61 Å². The van der Waals surface area contributed by atoms with Crippen LogP contribution >= 0.6 is 11.6 Å². The maximum atomic E-state index is 10.7. The molecule has 0 atom stereocenters. The minimum atomic E-state index is -1.04. The van der Waals surface area contributed by atoms with Crippen LogP contribution in [-0.2, 0) is 11.2 Å². The fourth-order valence-electron chi connectivity index (χ4n) is 3.11. The van der Waals surface area contributed by atoms with Gasteiger partial charge in [-0.3, -0.25) is 0 Å². The summed E-state index contributed by atoms with van der Waals surface area (Å²) in [6.45, 7) is 1.48. The largest absolute Gasteiger partial charge is 0.507 e. The fraction of sp³-hybridized carbons (Fsp3) is 0.174. The molecule has 0 unspecified atom stereocenters. The van der Waals surface area contributed by atoms with Crippen LogP contribution < -0.4 is 9.47 Å². The molecule has 0 aliphatic heterocycles. The summed E-state index contributed by atoms with van der Waals surface area (Å²) < 4.78 is 10.5. The second-order valence-corrected chi connectivity index (χ2v) is 7.05. The monoisotopic (exact) mass is 412 g/mol. The zero-order valence-corrected chi connectivity index (χ0v) is 16.9. The number of methoxy groups -OCH3 is 1. The van der Waals surface area contributed by atoms with Gasteiger partial charge in [-0.15, -0.1) is 0 Å². The molecule has 0 aromatic heterocycles. The summed E-state index contributed by atoms with van der Waals surface area (Å²) in [5.74, 6) is 0.267. The van der Waals surface area contributed by atoms with E-state index in [2.05, 4.69) is 0 Å². The van der Waals surface area contributed by atoms with Gasteiger partial charge < -0.3 is 19.7 Å². The number of aryl methyl sites for hydroxylation is 1. The van der Waals surface area contributed by atoms with Crippen molar-refractivity contribution in [3.63, 3.8) is 0 Å². The smallest absolute Gasteiger partial charge is 0.341 e. The van der Waals surface area contributed by atoms with Gasteiger partial charge in [0.25, 0.3) is 0 Å². The summed E-state index contributed by atoms with van der Waals surface area (Å²) >= 11 is 6.43. The Balaban J connectivity index is 1.90. The molecule has 0 heterocycles. The van der Waals surface area contributed by atoms with Crippen LogP contribution in [0.15, 0.2) is 54.6 Å². The third-order valence-corrected chi connectivity index (χ3v) is 4.91. The number of rotatable bonds is 7. The molecule has 0 saturated heterocycles. The number of aliphatic carboxylic acids is 1. The first-order valence-electron chi connectivity index (χ1n) is 8.97. The van der Waals surface area contributed by atoms with Gasteiger partial charge in [0, 0.05) is 10.6 Å². The number of carboxylic acids is 1. The Hall–Kier alpha value is -3.18. The van der Waals surface area contributed by atoms with Crippen molar-refractivity contribution in [1.82, 2.24) is 0 Å². The number of phenolic OH excluding ortho intramolecular Hbond substituents is 1. The maximum absolute atomic E-state index is 10.7. The highest BCUT2D eigenvalue weighted by Gasteiger charge is 2.12. The number of carboxylic acid groups (broad SMARTS) is 1. The first-order chi connectivity index (χ1) is 13.9. The molecule has 0 radical (unpaired) electrons. The van der Waals surface area contributed by atoms with Crippen molar-refractivity contribution in [3.8, 4) is 28.4 Å². The van der Waals surface area contributed by atoms with E-state index < -0.39 is 12.6 Å². The Morgan fingerprint density at radius 2 is 1.86 bits per heavy atom. The van der Waals surface area contributed by atoms with Crippen molar-refractivity contribution in [2.75, 3.05) is 13.7 Å². The van der Waals surface area contributed by atoms with E-state index in [0.29, 0.717) is 28.5 Å². The van der Waals surface area contributed by atoms with E-state index in [4.69, 9.17) is 26.2 Å². The number of ether oxygens (including phenoxy) is 2. The lowest BCUT2D eigenvalue weighted by atomic mass is 9.96. The predicted octanol–water partition coefficient (Wildman–Crippen LogP) is 5.08. The Kier molecular flexibility index (Phi) is 6.29. The highest BCUT2D eigenvalue weighted by molar-refractivity contribution is 6.31. The summed E-state index contributed by atoms with van der Waals surface area (Å²) in [5.41, 5.74) is 4.34. The van der Waals surface area contributed by atoms with Crippen molar-refractivity contribution in [1.29, 1.82) is 0 Å². The molecule has 2 N–H and O–H groups in total. The van der Waals surface area contributed by atoms with Gasteiger partial charge in [-0.05, 0) is 72.0 Å². The van der Waals surface area contributed by atoms with E-state index in [9.17, 15) is 9.90 Å². The molecule has 0 bridgehead atoms. The van der Waals surface area contributed by atoms with Crippen LogP contribution in [0.4, 0.5) is 0 Å². The van der Waals surface area contributed by atoms with Gasteiger partial charge in [-0.1, -0.05) is 29.8 Å². The van der Waals surface area contributed by atoms with E-state index in [1.165, 1.54) is 0 Å². The summed E-state index contributed by atoms with van der Waals surface area (Å²) in [7, 11) is 1.60. The first kappa shape index (κ1) is 20.6. The van der Waals surface area contributed by atoms with E-state index in [1.54, 1.807) is 25.3 Å². The van der Waals surface area contributed by atoms with Crippen molar-refractivity contribution < 1.29 is 24.5 Å². The van der Waals surface area contributed by atoms with Crippen molar-refractivity contribution in [3.05, 3.63) is 76.3 Å². The quantitative estimate of drug-likeness (QED) is 0.565. The molecule has 0 amide bonds. The predicted molar refractivity (Wildman–Crippen MR) is 112 cm³/mol. The summed E-state index contributed by atoms with van der Waals surface area (Å²) in [5, 5.41) is 19.6. The van der Waals surface area contributed by atoms with Gasteiger partial charge in [-0.2, -0.15) is 0 Å². The molecule has 150 valence electrons. The van der Waals surface area contributed by atoms with E-state index in [1.807, 2.05) is 43.3 Å². The third-order valence-electron chi connectivity index (χ3n) is 4.58. The summed E-state index contributed by atoms with van der Waals surface area (Å²) in [6, 6.07) is 16.3. The van der Waals surface area contributed by atoms with Crippen LogP contribution in [0.25, 0.3) is 11.1 Å². The minimum absolute atomic E-state index is 0.183. The van der Waals surface area contributed by atoms with Gasteiger partial charge in [0.1, 0.15) is 17.2 Å². The first-order valence-corrected chi connectivity index (χ1v) is 9.35. The number of halogens is 1. The molecule has 29 heavy (non-hydrogen) atoms. The highest BCUT2D eigenvalue weighted by atomic mass is 35.5. The van der Waals surface area contributed by atoms with Crippen LogP contribution in [0, 0.1) is 6.92 Å². The van der Waals surface area contributed by atoms with Crippen molar-refractivity contribution >= 4 is 17.6 Å². The maximum Gasteiger partial charge on any atom is 0.341 e. The molecule has 0 spiro atoms. The molecule has 0 fully saturated rings. The highest BCUT2D eigenvalue weighted by Crippen LogP contribution is 2.34. The lowest BCUT2D eigenvalue weighted by molar-refractivity contribution is -0.139. The second-order valence-electron chi connectivity index (χ2n) is 6.64. The van der Waals surface area contributed by atoms with Crippen molar-refractivity contribution in [2.45, 2.75) is 13.3 Å². The average Bonchev–Trinajstić information content (AvgIpc) is 2.70. The fourth-order valence-corrected chi connectivity index (χ4v) is 3.44. The normalized spacial score (nSPS) is 10.6. The Bertz CT molecular complexity index is 1020. The average molecular weight is 413 g/mol. The summed E-state index contributed by atoms with van der Waals surface area (Å²) in [4.78, 5) is 10.7. The van der Waals surface area contributed by atoms with Gasteiger partial charge in [0.2, 0.25) is 0 Å².